The predicted octanol–water partition coefficient (Wildman–Crippen LogP) is 15.4. The van der Waals surface area contributed by atoms with Gasteiger partial charge in [0.1, 0.15) is 0 Å². The molecule has 1 rings (SSSR count). The highest BCUT2D eigenvalue weighted by Crippen LogP contribution is 2.38. The molecule has 0 saturated heterocycles. The first-order valence-electron chi connectivity index (χ1n) is 21.8. The van der Waals surface area contributed by atoms with Gasteiger partial charge in [0.15, 0.2) is 0 Å². The molecule has 0 amide bonds. The van der Waals surface area contributed by atoms with Crippen LogP contribution in [-0.4, -0.2) is 32.3 Å². The van der Waals surface area contributed by atoms with Crippen molar-refractivity contribution in [1.82, 2.24) is 0 Å². The van der Waals surface area contributed by atoms with E-state index in [1.807, 2.05) is 0 Å². The Labute approximate surface area is 319 Å². The summed E-state index contributed by atoms with van der Waals surface area (Å²) in [5.74, 6) is 2.25. The number of ether oxygens (including phenoxy) is 2. The first-order valence-corrected chi connectivity index (χ1v) is 22.4. The third-order valence-electron chi connectivity index (χ3n) is 10.9. The number of alkyl halides is 1. The van der Waals surface area contributed by atoms with Gasteiger partial charge in [-0.1, -0.05) is 175 Å². The summed E-state index contributed by atoms with van der Waals surface area (Å²) < 4.78 is 12.4. The molecule has 294 valence electrons. The molecule has 1 aromatic carbocycles. The molecule has 0 aromatic heterocycles. The predicted molar refractivity (Wildman–Crippen MR) is 224 cm³/mol. The monoisotopic (exact) mass is 719 g/mol. The van der Waals surface area contributed by atoms with Gasteiger partial charge in [0.05, 0.1) is 0 Å². The summed E-state index contributed by atoms with van der Waals surface area (Å²) in [6, 6.07) is 9.37. The number of hydrogen-bond donors (Lipinski definition) is 0. The van der Waals surface area contributed by atoms with Crippen LogP contribution in [0.1, 0.15) is 207 Å². The second kappa shape index (κ2) is 30.8. The van der Waals surface area contributed by atoms with Crippen LogP contribution in [0.4, 0.5) is 0 Å². The molecular formula is C47H87ClO2. The smallest absolute Gasteiger partial charge is 0.0499 e. The van der Waals surface area contributed by atoms with Crippen LogP contribution in [-0.2, 0) is 22.3 Å². The van der Waals surface area contributed by atoms with Gasteiger partial charge in [-0.3, -0.25) is 0 Å². The quantitative estimate of drug-likeness (QED) is 0.0514. The van der Waals surface area contributed by atoms with E-state index in [1.165, 1.54) is 165 Å². The minimum atomic E-state index is 0.259. The van der Waals surface area contributed by atoms with Gasteiger partial charge in [-0.05, 0) is 91.6 Å². The topological polar surface area (TPSA) is 18.5 Å². The first-order chi connectivity index (χ1) is 24.0. The third-order valence-corrected chi connectivity index (χ3v) is 11.2. The Morgan fingerprint density at radius 2 is 1.02 bits per heavy atom. The highest BCUT2D eigenvalue weighted by Gasteiger charge is 2.31. The van der Waals surface area contributed by atoms with Gasteiger partial charge in [-0.2, -0.15) is 0 Å². The third kappa shape index (κ3) is 28.9. The van der Waals surface area contributed by atoms with Gasteiger partial charge in [0.25, 0.3) is 0 Å². The number of aryl methyl sites for hydroxylation is 2. The molecule has 3 heteroatoms. The lowest BCUT2D eigenvalue weighted by Gasteiger charge is -2.37. The molecule has 50 heavy (non-hydrogen) atoms. The first kappa shape index (κ1) is 47.5. The SMILES string of the molecule is CC(C)CCCCCCc1cccc(CCCCCOCCC(C)(C)CC(COCCCCCCCCCCCCCCCCl)C(C)(C)C)c1. The zero-order valence-corrected chi connectivity index (χ0v) is 35.6. The van der Waals surface area contributed by atoms with Crippen molar-refractivity contribution in [1.29, 1.82) is 0 Å². The lowest BCUT2D eigenvalue weighted by molar-refractivity contribution is 0.0205. The molecule has 1 atom stereocenters. The van der Waals surface area contributed by atoms with Crippen LogP contribution < -0.4 is 0 Å². The van der Waals surface area contributed by atoms with Crippen LogP contribution in [0.3, 0.4) is 0 Å². The molecule has 0 aliphatic rings. The van der Waals surface area contributed by atoms with E-state index in [9.17, 15) is 0 Å². The summed E-state index contributed by atoms with van der Waals surface area (Å²) in [5, 5.41) is 0. The summed E-state index contributed by atoms with van der Waals surface area (Å²) >= 11 is 5.76. The second-order valence-corrected chi connectivity index (χ2v) is 18.5. The number of rotatable bonds is 35. The number of halogens is 1. The normalized spacial score (nSPS) is 13.1. The van der Waals surface area contributed by atoms with Crippen molar-refractivity contribution in [2.75, 3.05) is 32.3 Å². The fourth-order valence-corrected chi connectivity index (χ4v) is 7.38. The van der Waals surface area contributed by atoms with E-state index in [2.05, 4.69) is 72.7 Å². The molecule has 0 fully saturated rings. The molecular weight excluding hydrogens is 632 g/mol. The maximum Gasteiger partial charge on any atom is 0.0499 e. The Morgan fingerprint density at radius 1 is 0.560 bits per heavy atom. The summed E-state index contributed by atoms with van der Waals surface area (Å²) in [5.41, 5.74) is 3.57. The second-order valence-electron chi connectivity index (χ2n) is 18.1. The lowest BCUT2D eigenvalue weighted by atomic mass is 9.71. The van der Waals surface area contributed by atoms with Crippen molar-refractivity contribution in [2.45, 2.75) is 209 Å². The fraction of sp³-hybridized carbons (Fsp3) is 0.872. The zero-order valence-electron chi connectivity index (χ0n) is 34.9. The Hall–Kier alpha value is -0.570. The van der Waals surface area contributed by atoms with E-state index in [1.54, 1.807) is 0 Å². The van der Waals surface area contributed by atoms with Crippen LogP contribution in [0, 0.1) is 22.7 Å². The lowest BCUT2D eigenvalue weighted by Crippen LogP contribution is -2.31. The molecule has 0 saturated carbocycles. The average molecular weight is 720 g/mol. The summed E-state index contributed by atoms with van der Waals surface area (Å²) in [4.78, 5) is 0. The van der Waals surface area contributed by atoms with Crippen molar-refractivity contribution in [3.8, 4) is 0 Å². The van der Waals surface area contributed by atoms with Crippen LogP contribution in [0.25, 0.3) is 0 Å². The highest BCUT2D eigenvalue weighted by molar-refractivity contribution is 6.17. The molecule has 0 spiro atoms. The van der Waals surface area contributed by atoms with E-state index in [-0.39, 0.29) is 10.8 Å². The Kier molecular flexibility index (Phi) is 29.3. The van der Waals surface area contributed by atoms with Gasteiger partial charge < -0.3 is 9.47 Å². The average Bonchev–Trinajstić information content (AvgIpc) is 3.06. The van der Waals surface area contributed by atoms with E-state index in [0.717, 1.165) is 44.6 Å². The Morgan fingerprint density at radius 3 is 1.54 bits per heavy atom. The van der Waals surface area contributed by atoms with Gasteiger partial charge in [0.2, 0.25) is 0 Å². The highest BCUT2D eigenvalue weighted by atomic mass is 35.5. The fourth-order valence-electron chi connectivity index (χ4n) is 7.19. The molecule has 2 nitrogen and oxygen atoms in total. The van der Waals surface area contributed by atoms with E-state index < -0.39 is 0 Å². The van der Waals surface area contributed by atoms with E-state index in [4.69, 9.17) is 21.1 Å². The maximum absolute atomic E-state index is 6.29. The molecule has 0 aliphatic carbocycles. The number of hydrogen-bond acceptors (Lipinski definition) is 2. The summed E-state index contributed by atoms with van der Waals surface area (Å²) in [6.07, 6.45) is 32.9. The molecule has 1 unspecified atom stereocenters. The van der Waals surface area contributed by atoms with Gasteiger partial charge in [-0.15, -0.1) is 11.6 Å². The molecule has 0 heterocycles. The van der Waals surface area contributed by atoms with Crippen LogP contribution in [0.5, 0.6) is 0 Å². The van der Waals surface area contributed by atoms with Crippen molar-refractivity contribution >= 4 is 11.6 Å². The molecule has 1 aromatic rings. The maximum atomic E-state index is 6.29. The van der Waals surface area contributed by atoms with Crippen molar-refractivity contribution in [3.05, 3.63) is 35.4 Å². The summed E-state index contributed by atoms with van der Waals surface area (Å²) in [6.45, 7) is 20.3. The largest absolute Gasteiger partial charge is 0.381 e. The van der Waals surface area contributed by atoms with Crippen molar-refractivity contribution < 1.29 is 9.47 Å². The van der Waals surface area contributed by atoms with Gasteiger partial charge in [0, 0.05) is 32.3 Å². The standard InChI is InChI=1S/C47H87ClO2/c1-42(2)29-22-17-18-23-30-43-32-28-33-44(39-43)31-24-21-27-36-49-38-34-47(6,7)40-45(46(3,4)5)41-50-37-26-20-16-14-12-10-8-9-11-13-15-19-25-35-48/h28,32-33,39,42,45H,8-27,29-31,34-38,40-41H2,1-7H3. The molecule has 0 aliphatic heterocycles. The van der Waals surface area contributed by atoms with Gasteiger partial charge in [-0.25, -0.2) is 0 Å². The van der Waals surface area contributed by atoms with E-state index in [0.29, 0.717) is 5.92 Å². The van der Waals surface area contributed by atoms with Gasteiger partial charge >= 0.3 is 0 Å². The van der Waals surface area contributed by atoms with Crippen molar-refractivity contribution in [3.63, 3.8) is 0 Å². The van der Waals surface area contributed by atoms with Crippen LogP contribution in [0.15, 0.2) is 24.3 Å². The zero-order chi connectivity index (χ0) is 36.8. The molecule has 0 bridgehead atoms. The Bertz CT molecular complexity index is 872. The van der Waals surface area contributed by atoms with E-state index >= 15 is 0 Å². The van der Waals surface area contributed by atoms with Crippen molar-refractivity contribution in [2.24, 2.45) is 22.7 Å². The van der Waals surface area contributed by atoms with Crippen LogP contribution >= 0.6 is 11.6 Å². The number of unbranched alkanes of at least 4 members (excludes halogenated alkanes) is 17. The molecule has 0 radical (unpaired) electrons. The van der Waals surface area contributed by atoms with Crippen LogP contribution in [0.2, 0.25) is 0 Å². The molecule has 0 N–H and O–H groups in total. The summed E-state index contributed by atoms with van der Waals surface area (Å²) in [7, 11) is 0. The minimum absolute atomic E-state index is 0.259. The minimum Gasteiger partial charge on any atom is -0.381 e. The Balaban J connectivity index is 2.09. The number of benzene rings is 1.